The molecule has 1 heterocycles. The van der Waals surface area contributed by atoms with Gasteiger partial charge in [-0.1, -0.05) is 0 Å². The topological polar surface area (TPSA) is 72.8 Å². The Morgan fingerprint density at radius 2 is 2.17 bits per heavy atom. The number of carbonyl (C=O) groups excluding carboxylic acids is 1. The average molecular weight is 240 g/mol. The maximum atomic E-state index is 12.1. The number of benzene rings is 1. The maximum absolute atomic E-state index is 12.1. The van der Waals surface area contributed by atoms with E-state index in [1.165, 1.54) is 0 Å². The van der Waals surface area contributed by atoms with E-state index in [0.717, 1.165) is 5.56 Å². The van der Waals surface area contributed by atoms with Gasteiger partial charge in [0.25, 0.3) is 5.91 Å². The maximum Gasteiger partial charge on any atom is 0.253 e. The minimum absolute atomic E-state index is 0.0827. The molecule has 1 aromatic carbocycles. The summed E-state index contributed by atoms with van der Waals surface area (Å²) in [4.78, 5) is 13.7. The minimum Gasteiger partial charge on any atom is -0.337 e. The highest BCUT2D eigenvalue weighted by molar-refractivity contribution is 5.94. The molecule has 5 heteroatoms. The standard InChI is InChI=1S/C13H12N4O/c1-17(9-11-7-15-16-8-11)13(18)12-4-2-10(6-14)3-5-12/h2-5,7-8H,9H2,1H3,(H,15,16). The number of nitrogens with zero attached hydrogens (tertiary/aromatic N) is 3. The van der Waals surface area contributed by atoms with Crippen LogP contribution >= 0.6 is 0 Å². The van der Waals surface area contributed by atoms with Crippen LogP contribution in [0.3, 0.4) is 0 Å². The first-order chi connectivity index (χ1) is 8.70. The Labute approximate surface area is 105 Å². The fourth-order valence-corrected chi connectivity index (χ4v) is 1.62. The highest BCUT2D eigenvalue weighted by Gasteiger charge is 2.12. The normalized spacial score (nSPS) is 9.78. The van der Waals surface area contributed by atoms with Gasteiger partial charge in [0.1, 0.15) is 0 Å². The quantitative estimate of drug-likeness (QED) is 0.884. The zero-order chi connectivity index (χ0) is 13.0. The first-order valence-corrected chi connectivity index (χ1v) is 5.44. The van der Waals surface area contributed by atoms with Gasteiger partial charge in [-0.05, 0) is 24.3 Å². The van der Waals surface area contributed by atoms with Crippen LogP contribution in [0, 0.1) is 11.3 Å². The molecule has 1 amide bonds. The van der Waals surface area contributed by atoms with Crippen LogP contribution < -0.4 is 0 Å². The molecule has 1 N–H and O–H groups in total. The van der Waals surface area contributed by atoms with Crippen molar-refractivity contribution in [1.82, 2.24) is 15.1 Å². The van der Waals surface area contributed by atoms with E-state index < -0.39 is 0 Å². The van der Waals surface area contributed by atoms with E-state index in [2.05, 4.69) is 10.2 Å². The van der Waals surface area contributed by atoms with Crippen LogP contribution in [0.4, 0.5) is 0 Å². The number of nitrogens with one attached hydrogen (secondary N) is 1. The summed E-state index contributed by atoms with van der Waals surface area (Å²) in [6.45, 7) is 0.495. The molecular weight excluding hydrogens is 228 g/mol. The molecule has 2 aromatic rings. The molecule has 18 heavy (non-hydrogen) atoms. The van der Waals surface area contributed by atoms with Gasteiger partial charge in [0, 0.05) is 30.9 Å². The van der Waals surface area contributed by atoms with Crippen LogP contribution in [0.2, 0.25) is 0 Å². The van der Waals surface area contributed by atoms with Gasteiger partial charge in [0.2, 0.25) is 0 Å². The lowest BCUT2D eigenvalue weighted by atomic mass is 10.1. The van der Waals surface area contributed by atoms with Crippen LogP contribution in [0.1, 0.15) is 21.5 Å². The Hall–Kier alpha value is -2.61. The van der Waals surface area contributed by atoms with Gasteiger partial charge >= 0.3 is 0 Å². The number of carbonyl (C=O) groups is 1. The summed E-state index contributed by atoms with van der Waals surface area (Å²) in [6.07, 6.45) is 3.44. The van der Waals surface area contributed by atoms with Gasteiger partial charge in [0.05, 0.1) is 17.8 Å². The number of aromatic nitrogens is 2. The van der Waals surface area contributed by atoms with Gasteiger partial charge in [-0.25, -0.2) is 0 Å². The third kappa shape index (κ3) is 2.55. The van der Waals surface area contributed by atoms with E-state index in [0.29, 0.717) is 17.7 Å². The summed E-state index contributed by atoms with van der Waals surface area (Å²) >= 11 is 0. The van der Waals surface area contributed by atoms with Gasteiger partial charge in [-0.2, -0.15) is 10.4 Å². The summed E-state index contributed by atoms with van der Waals surface area (Å²) in [5.41, 5.74) is 2.06. The SMILES string of the molecule is CN(Cc1cn[nH]c1)C(=O)c1ccc(C#N)cc1. The molecule has 0 bridgehead atoms. The van der Waals surface area contributed by atoms with Crippen molar-refractivity contribution in [3.8, 4) is 6.07 Å². The third-order valence-electron chi connectivity index (χ3n) is 2.58. The number of H-pyrrole nitrogens is 1. The van der Waals surface area contributed by atoms with E-state index in [1.807, 2.05) is 6.07 Å². The monoisotopic (exact) mass is 240 g/mol. The smallest absolute Gasteiger partial charge is 0.253 e. The second kappa shape index (κ2) is 5.15. The van der Waals surface area contributed by atoms with Gasteiger partial charge in [-0.3, -0.25) is 9.89 Å². The molecule has 1 aromatic heterocycles. The number of aromatic amines is 1. The number of nitriles is 1. The molecule has 0 aliphatic heterocycles. The van der Waals surface area contributed by atoms with Crippen LogP contribution in [-0.2, 0) is 6.54 Å². The van der Waals surface area contributed by atoms with Crippen molar-refractivity contribution in [2.24, 2.45) is 0 Å². The summed E-state index contributed by atoms with van der Waals surface area (Å²) in [6, 6.07) is 8.62. The Kier molecular flexibility index (Phi) is 3.39. The third-order valence-corrected chi connectivity index (χ3v) is 2.58. The fraction of sp³-hybridized carbons (Fsp3) is 0.154. The molecule has 0 unspecified atom stereocenters. The second-order valence-corrected chi connectivity index (χ2v) is 3.96. The van der Waals surface area contributed by atoms with E-state index >= 15 is 0 Å². The molecule has 0 spiro atoms. The van der Waals surface area contributed by atoms with Crippen LogP contribution in [-0.4, -0.2) is 28.1 Å². The number of hydrogen-bond donors (Lipinski definition) is 1. The van der Waals surface area contributed by atoms with E-state index in [9.17, 15) is 4.79 Å². The van der Waals surface area contributed by atoms with E-state index in [-0.39, 0.29) is 5.91 Å². The molecule has 0 atom stereocenters. The van der Waals surface area contributed by atoms with Crippen molar-refractivity contribution in [3.63, 3.8) is 0 Å². The molecule has 0 aliphatic rings. The van der Waals surface area contributed by atoms with Gasteiger partial charge in [0.15, 0.2) is 0 Å². The molecule has 2 rings (SSSR count). The molecule has 0 fully saturated rings. The lowest BCUT2D eigenvalue weighted by Crippen LogP contribution is -2.25. The van der Waals surface area contributed by atoms with Crippen LogP contribution in [0.25, 0.3) is 0 Å². The molecule has 0 saturated carbocycles. The van der Waals surface area contributed by atoms with E-state index in [1.54, 1.807) is 48.6 Å². The van der Waals surface area contributed by atoms with Crippen molar-refractivity contribution in [1.29, 1.82) is 5.26 Å². The summed E-state index contributed by atoms with van der Waals surface area (Å²) < 4.78 is 0. The average Bonchev–Trinajstić information content (AvgIpc) is 2.91. The number of rotatable bonds is 3. The molecule has 0 saturated heterocycles. The predicted molar refractivity (Wildman–Crippen MR) is 65.5 cm³/mol. The zero-order valence-corrected chi connectivity index (χ0v) is 9.92. The van der Waals surface area contributed by atoms with Gasteiger partial charge in [-0.15, -0.1) is 0 Å². The lowest BCUT2D eigenvalue weighted by molar-refractivity contribution is 0.0785. The molecule has 90 valence electrons. The molecule has 0 radical (unpaired) electrons. The highest BCUT2D eigenvalue weighted by Crippen LogP contribution is 2.08. The summed E-state index contributed by atoms with van der Waals surface area (Å²) in [7, 11) is 1.73. The highest BCUT2D eigenvalue weighted by atomic mass is 16.2. The Morgan fingerprint density at radius 3 is 2.72 bits per heavy atom. The van der Waals surface area contributed by atoms with Crippen molar-refractivity contribution in [2.45, 2.75) is 6.54 Å². The largest absolute Gasteiger partial charge is 0.337 e. The summed E-state index contributed by atoms with van der Waals surface area (Å²) in [5, 5.41) is 15.2. The molecule has 0 aliphatic carbocycles. The summed E-state index contributed by atoms with van der Waals surface area (Å²) in [5.74, 6) is -0.0827. The predicted octanol–water partition coefficient (Wildman–Crippen LogP) is 1.55. The molecular formula is C13H12N4O. The Morgan fingerprint density at radius 1 is 1.44 bits per heavy atom. The van der Waals surface area contributed by atoms with Crippen molar-refractivity contribution >= 4 is 5.91 Å². The number of amides is 1. The van der Waals surface area contributed by atoms with Crippen molar-refractivity contribution < 1.29 is 4.79 Å². The zero-order valence-electron chi connectivity index (χ0n) is 9.92. The Bertz CT molecular complexity index is 566. The van der Waals surface area contributed by atoms with Crippen LogP contribution in [0.15, 0.2) is 36.7 Å². The van der Waals surface area contributed by atoms with E-state index in [4.69, 9.17) is 5.26 Å². The van der Waals surface area contributed by atoms with Crippen molar-refractivity contribution in [3.05, 3.63) is 53.3 Å². The Balaban J connectivity index is 2.08. The fourth-order valence-electron chi connectivity index (χ4n) is 1.62. The number of hydrogen-bond acceptors (Lipinski definition) is 3. The first-order valence-electron chi connectivity index (χ1n) is 5.44. The first kappa shape index (κ1) is 11.9. The van der Waals surface area contributed by atoms with Crippen molar-refractivity contribution in [2.75, 3.05) is 7.05 Å². The van der Waals surface area contributed by atoms with Crippen LogP contribution in [0.5, 0.6) is 0 Å². The molecule has 5 nitrogen and oxygen atoms in total. The minimum atomic E-state index is -0.0827. The second-order valence-electron chi connectivity index (χ2n) is 3.96. The lowest BCUT2D eigenvalue weighted by Gasteiger charge is -2.16. The van der Waals surface area contributed by atoms with Gasteiger partial charge < -0.3 is 4.90 Å².